The molecule has 0 aliphatic carbocycles. The molecule has 0 fully saturated rings. The summed E-state index contributed by atoms with van der Waals surface area (Å²) in [5, 5.41) is 12.4. The maximum absolute atomic E-state index is 12.3. The topological polar surface area (TPSA) is 96.2 Å². The highest BCUT2D eigenvalue weighted by atomic mass is 32.2. The first-order valence-corrected chi connectivity index (χ1v) is 9.74. The minimum Gasteiger partial charge on any atom is -0.455 e. The van der Waals surface area contributed by atoms with Crippen LogP contribution in [0.3, 0.4) is 0 Å². The Labute approximate surface area is 163 Å². The summed E-state index contributed by atoms with van der Waals surface area (Å²) >= 11 is 2.73. The first-order chi connectivity index (χ1) is 13.2. The average Bonchev–Trinajstić information content (AvgIpc) is 3.18. The van der Waals surface area contributed by atoms with Gasteiger partial charge in [0.1, 0.15) is 22.7 Å². The number of aromatic nitrogens is 2. The molecule has 0 saturated heterocycles. The molecule has 0 atom stereocenters. The highest BCUT2D eigenvalue weighted by Crippen LogP contribution is 2.27. The fourth-order valence-corrected chi connectivity index (χ4v) is 3.85. The highest BCUT2D eigenvalue weighted by molar-refractivity contribution is 8.00. The van der Waals surface area contributed by atoms with Crippen LogP contribution < -0.4 is 4.90 Å². The Hall–Kier alpha value is -2.96. The number of carbonyl (C=O) groups excluding carboxylic acids is 2. The van der Waals surface area contributed by atoms with Crippen LogP contribution in [-0.4, -0.2) is 40.7 Å². The van der Waals surface area contributed by atoms with Gasteiger partial charge in [0.05, 0.1) is 11.8 Å². The van der Waals surface area contributed by atoms with Crippen LogP contribution >= 0.6 is 23.1 Å². The number of benzene rings is 1. The number of anilines is 1. The Morgan fingerprint density at radius 2 is 2.04 bits per heavy atom. The monoisotopic (exact) mass is 398 g/mol. The van der Waals surface area contributed by atoms with Crippen LogP contribution in [0.25, 0.3) is 10.2 Å². The zero-order valence-corrected chi connectivity index (χ0v) is 15.7. The average molecular weight is 398 g/mol. The van der Waals surface area contributed by atoms with Gasteiger partial charge in [0.25, 0.3) is 5.91 Å². The van der Waals surface area contributed by atoms with Crippen molar-refractivity contribution in [2.75, 3.05) is 23.8 Å². The first-order valence-electron chi connectivity index (χ1n) is 7.88. The third-order valence-corrected chi connectivity index (χ3v) is 5.31. The van der Waals surface area contributed by atoms with Crippen LogP contribution in [0.5, 0.6) is 0 Å². The fourth-order valence-electron chi connectivity index (χ4n) is 2.27. The second-order valence-electron chi connectivity index (χ2n) is 5.24. The first kappa shape index (κ1) is 18.8. The van der Waals surface area contributed by atoms with E-state index in [9.17, 15) is 9.59 Å². The molecule has 3 rings (SSSR count). The summed E-state index contributed by atoms with van der Waals surface area (Å²) in [4.78, 5) is 34.8. The molecule has 0 unspecified atom stereocenters. The fraction of sp³-hybridized carbons (Fsp3) is 0.167. The molecule has 0 spiro atoms. The SMILES string of the molecule is N#CCN(C(=O)COC(=O)CSc1ncnc2sccc12)c1ccccc1. The van der Waals surface area contributed by atoms with Gasteiger partial charge >= 0.3 is 5.97 Å². The Bertz CT molecular complexity index is 985. The predicted octanol–water partition coefficient (Wildman–Crippen LogP) is 2.88. The van der Waals surface area contributed by atoms with E-state index in [0.29, 0.717) is 10.7 Å². The zero-order chi connectivity index (χ0) is 19.1. The quantitative estimate of drug-likeness (QED) is 0.261. The van der Waals surface area contributed by atoms with E-state index in [2.05, 4.69) is 9.97 Å². The van der Waals surface area contributed by atoms with Gasteiger partial charge in [-0.2, -0.15) is 5.26 Å². The minimum absolute atomic E-state index is 0.0266. The molecular formula is C18H14N4O3S2. The number of nitrogens with zero attached hydrogens (tertiary/aromatic N) is 4. The van der Waals surface area contributed by atoms with E-state index < -0.39 is 18.5 Å². The summed E-state index contributed by atoms with van der Waals surface area (Å²) in [6.07, 6.45) is 1.45. The van der Waals surface area contributed by atoms with E-state index in [1.165, 1.54) is 34.3 Å². The molecule has 0 radical (unpaired) electrons. The van der Waals surface area contributed by atoms with E-state index in [1.807, 2.05) is 23.6 Å². The van der Waals surface area contributed by atoms with Crippen LogP contribution in [-0.2, 0) is 14.3 Å². The van der Waals surface area contributed by atoms with Gasteiger partial charge in [0, 0.05) is 11.1 Å². The van der Waals surface area contributed by atoms with E-state index >= 15 is 0 Å². The van der Waals surface area contributed by atoms with Crippen molar-refractivity contribution < 1.29 is 14.3 Å². The highest BCUT2D eigenvalue weighted by Gasteiger charge is 2.17. The van der Waals surface area contributed by atoms with Crippen molar-refractivity contribution in [3.05, 3.63) is 48.1 Å². The molecule has 136 valence electrons. The van der Waals surface area contributed by atoms with Gasteiger partial charge in [-0.3, -0.25) is 14.5 Å². The number of thiophene rings is 1. The number of thioether (sulfide) groups is 1. The molecule has 7 nitrogen and oxygen atoms in total. The summed E-state index contributed by atoms with van der Waals surface area (Å²) < 4.78 is 5.07. The van der Waals surface area contributed by atoms with Crippen LogP contribution in [0.15, 0.2) is 53.1 Å². The van der Waals surface area contributed by atoms with Crippen LogP contribution in [0.1, 0.15) is 0 Å². The standard InChI is InChI=1S/C18H14N4O3S2/c19-7-8-22(13-4-2-1-3-5-13)15(23)10-25-16(24)11-27-18-14-6-9-26-17(14)20-12-21-18/h1-6,9,12H,8,10-11H2. The van der Waals surface area contributed by atoms with Crippen molar-refractivity contribution >= 4 is 50.9 Å². The molecule has 0 N–H and O–H groups in total. The maximum atomic E-state index is 12.3. The molecular weight excluding hydrogens is 384 g/mol. The Morgan fingerprint density at radius 3 is 2.81 bits per heavy atom. The summed E-state index contributed by atoms with van der Waals surface area (Å²) in [5.41, 5.74) is 0.579. The molecule has 1 aromatic carbocycles. The summed E-state index contributed by atoms with van der Waals surface area (Å²) in [7, 11) is 0. The van der Waals surface area contributed by atoms with Gasteiger partial charge in [-0.05, 0) is 23.6 Å². The molecule has 27 heavy (non-hydrogen) atoms. The summed E-state index contributed by atoms with van der Waals surface area (Å²) in [6, 6.07) is 12.6. The number of hydrogen-bond donors (Lipinski definition) is 0. The molecule has 2 heterocycles. The predicted molar refractivity (Wildman–Crippen MR) is 104 cm³/mol. The van der Waals surface area contributed by atoms with E-state index in [4.69, 9.17) is 10.00 Å². The molecule has 1 amide bonds. The largest absolute Gasteiger partial charge is 0.455 e. The van der Waals surface area contributed by atoms with Gasteiger partial charge in [0.2, 0.25) is 0 Å². The molecule has 0 aliphatic rings. The van der Waals surface area contributed by atoms with E-state index in [1.54, 1.807) is 24.3 Å². The lowest BCUT2D eigenvalue weighted by atomic mass is 10.3. The van der Waals surface area contributed by atoms with Gasteiger partial charge < -0.3 is 4.74 Å². The second kappa shape index (κ2) is 9.12. The maximum Gasteiger partial charge on any atom is 0.316 e. The number of hydrogen-bond acceptors (Lipinski definition) is 8. The number of nitriles is 1. The number of rotatable bonds is 7. The molecule has 9 heteroatoms. The van der Waals surface area contributed by atoms with Crippen LogP contribution in [0, 0.1) is 11.3 Å². The van der Waals surface area contributed by atoms with Crippen LogP contribution in [0.2, 0.25) is 0 Å². The third kappa shape index (κ3) is 4.81. The molecule has 0 aliphatic heterocycles. The Kier molecular flexibility index (Phi) is 6.35. The van der Waals surface area contributed by atoms with Gasteiger partial charge in [0.15, 0.2) is 6.61 Å². The number of ether oxygens (including phenoxy) is 1. The molecule has 0 bridgehead atoms. The van der Waals surface area contributed by atoms with Gasteiger partial charge in [-0.1, -0.05) is 30.0 Å². The van der Waals surface area contributed by atoms with Gasteiger partial charge in [-0.15, -0.1) is 11.3 Å². The smallest absolute Gasteiger partial charge is 0.316 e. The summed E-state index contributed by atoms with van der Waals surface area (Å²) in [6.45, 7) is -0.542. The normalized spacial score (nSPS) is 10.3. The zero-order valence-electron chi connectivity index (χ0n) is 14.1. The number of para-hydroxylation sites is 1. The van der Waals surface area contributed by atoms with Gasteiger partial charge in [-0.25, -0.2) is 9.97 Å². The molecule has 2 aromatic heterocycles. The molecule has 0 saturated carbocycles. The number of esters is 1. The van der Waals surface area contributed by atoms with E-state index in [0.717, 1.165) is 10.2 Å². The summed E-state index contributed by atoms with van der Waals surface area (Å²) in [5.74, 6) is -0.956. The van der Waals surface area contributed by atoms with Crippen LogP contribution in [0.4, 0.5) is 5.69 Å². The van der Waals surface area contributed by atoms with E-state index in [-0.39, 0.29) is 12.3 Å². The Balaban J connectivity index is 1.54. The third-order valence-electron chi connectivity index (χ3n) is 3.51. The number of fused-ring (bicyclic) bond motifs is 1. The van der Waals surface area contributed by atoms with Crippen molar-refractivity contribution in [2.45, 2.75) is 5.03 Å². The van der Waals surface area contributed by atoms with Crippen molar-refractivity contribution in [3.63, 3.8) is 0 Å². The van der Waals surface area contributed by atoms with Crippen molar-refractivity contribution in [1.29, 1.82) is 5.26 Å². The lowest BCUT2D eigenvalue weighted by Gasteiger charge is -2.19. The van der Waals surface area contributed by atoms with Crippen molar-refractivity contribution in [1.82, 2.24) is 9.97 Å². The van der Waals surface area contributed by atoms with Crippen molar-refractivity contribution in [3.8, 4) is 6.07 Å². The minimum atomic E-state index is -0.527. The number of amides is 1. The lowest BCUT2D eigenvalue weighted by Crippen LogP contribution is -2.35. The number of carbonyl (C=O) groups is 2. The second-order valence-corrected chi connectivity index (χ2v) is 7.10. The Morgan fingerprint density at radius 1 is 1.22 bits per heavy atom. The van der Waals surface area contributed by atoms with Crippen molar-refractivity contribution in [2.24, 2.45) is 0 Å². The molecule has 3 aromatic rings. The lowest BCUT2D eigenvalue weighted by molar-refractivity contribution is -0.145.